The van der Waals surface area contributed by atoms with Gasteiger partial charge in [-0.2, -0.15) is 0 Å². The first kappa shape index (κ1) is 13.6. The summed E-state index contributed by atoms with van der Waals surface area (Å²) in [4.78, 5) is 0. The highest BCUT2D eigenvalue weighted by atomic mass is 79.9. The van der Waals surface area contributed by atoms with Crippen molar-refractivity contribution in [1.82, 2.24) is 5.32 Å². The lowest BCUT2D eigenvalue weighted by Gasteiger charge is -2.18. The van der Waals surface area contributed by atoms with E-state index in [4.69, 9.17) is 11.6 Å². The van der Waals surface area contributed by atoms with Crippen LogP contribution in [0.1, 0.15) is 17.2 Å². The first-order chi connectivity index (χ1) is 8.70. The van der Waals surface area contributed by atoms with Gasteiger partial charge in [0, 0.05) is 15.5 Å². The third-order valence-corrected chi connectivity index (χ3v) is 3.80. The third-order valence-electron chi connectivity index (χ3n) is 2.96. The molecule has 0 aromatic heterocycles. The zero-order valence-electron chi connectivity index (χ0n) is 10.2. The van der Waals surface area contributed by atoms with Gasteiger partial charge in [-0.1, -0.05) is 57.9 Å². The predicted octanol–water partition coefficient (Wildman–Crippen LogP) is 4.61. The van der Waals surface area contributed by atoms with Crippen molar-refractivity contribution in [2.24, 2.45) is 0 Å². The number of hydrogen-bond donors (Lipinski definition) is 1. The van der Waals surface area contributed by atoms with E-state index in [0.29, 0.717) is 0 Å². The van der Waals surface area contributed by atoms with E-state index >= 15 is 0 Å². The highest BCUT2D eigenvalue weighted by Crippen LogP contribution is 2.26. The minimum Gasteiger partial charge on any atom is -0.313 e. The van der Waals surface area contributed by atoms with Crippen molar-refractivity contribution < 1.29 is 0 Å². The summed E-state index contributed by atoms with van der Waals surface area (Å²) in [6.45, 7) is 0. The van der Waals surface area contributed by atoms with Gasteiger partial charge in [-0.15, -0.1) is 0 Å². The van der Waals surface area contributed by atoms with Crippen LogP contribution in [0.2, 0.25) is 5.02 Å². The predicted molar refractivity (Wildman–Crippen MR) is 81.1 cm³/mol. The molecule has 0 saturated carbocycles. The zero-order valence-corrected chi connectivity index (χ0v) is 12.5. The molecule has 3 heteroatoms. The maximum Gasteiger partial charge on any atom is 0.0453 e. The molecule has 0 saturated heterocycles. The van der Waals surface area contributed by atoms with Crippen LogP contribution in [0.25, 0.3) is 0 Å². The summed E-state index contributed by atoms with van der Waals surface area (Å²) in [5.41, 5.74) is 2.42. The normalized spacial score (nSPS) is 12.4. The fourth-order valence-corrected chi connectivity index (χ4v) is 2.74. The molecular weight excluding hydrogens is 310 g/mol. The van der Waals surface area contributed by atoms with E-state index in [9.17, 15) is 0 Å². The van der Waals surface area contributed by atoms with Crippen molar-refractivity contribution in [2.75, 3.05) is 7.05 Å². The van der Waals surface area contributed by atoms with Gasteiger partial charge in [-0.05, 0) is 42.8 Å². The molecule has 0 aliphatic rings. The Morgan fingerprint density at radius 1 is 1.17 bits per heavy atom. The maximum absolute atomic E-state index is 6.25. The van der Waals surface area contributed by atoms with Crippen molar-refractivity contribution >= 4 is 27.5 Å². The quantitative estimate of drug-likeness (QED) is 0.866. The van der Waals surface area contributed by atoms with E-state index < -0.39 is 0 Å². The van der Waals surface area contributed by atoms with E-state index in [2.05, 4.69) is 45.5 Å². The van der Waals surface area contributed by atoms with Crippen molar-refractivity contribution in [3.05, 3.63) is 69.2 Å². The van der Waals surface area contributed by atoms with Gasteiger partial charge in [0.1, 0.15) is 0 Å². The Balaban J connectivity index is 2.23. The highest BCUT2D eigenvalue weighted by Gasteiger charge is 2.13. The number of halogens is 2. The van der Waals surface area contributed by atoms with Crippen LogP contribution in [0.3, 0.4) is 0 Å². The first-order valence-corrected chi connectivity index (χ1v) is 7.04. The van der Waals surface area contributed by atoms with Crippen molar-refractivity contribution in [1.29, 1.82) is 0 Å². The number of rotatable bonds is 4. The SMILES string of the molecule is CNC(Cc1cccc(Br)c1)c1ccccc1Cl. The molecule has 0 fully saturated rings. The van der Waals surface area contributed by atoms with Gasteiger partial charge in [0.15, 0.2) is 0 Å². The Labute approximate surface area is 121 Å². The number of nitrogens with one attached hydrogen (secondary N) is 1. The van der Waals surface area contributed by atoms with Crippen molar-refractivity contribution in [3.63, 3.8) is 0 Å². The largest absolute Gasteiger partial charge is 0.313 e. The number of hydrogen-bond acceptors (Lipinski definition) is 1. The molecule has 0 radical (unpaired) electrons. The Hall–Kier alpha value is -0.830. The summed E-state index contributed by atoms with van der Waals surface area (Å²) in [5.74, 6) is 0. The molecule has 0 bridgehead atoms. The fourth-order valence-electron chi connectivity index (χ4n) is 2.02. The minimum absolute atomic E-state index is 0.230. The van der Waals surface area contributed by atoms with Crippen LogP contribution in [0.5, 0.6) is 0 Å². The van der Waals surface area contributed by atoms with Crippen LogP contribution >= 0.6 is 27.5 Å². The molecule has 2 aromatic carbocycles. The Morgan fingerprint density at radius 3 is 2.61 bits per heavy atom. The standard InChI is InChI=1S/C15H15BrClN/c1-18-15(13-7-2-3-8-14(13)17)10-11-5-4-6-12(16)9-11/h2-9,15,18H,10H2,1H3. The maximum atomic E-state index is 6.25. The summed E-state index contributed by atoms with van der Waals surface area (Å²) >= 11 is 9.74. The van der Waals surface area contributed by atoms with Crippen LogP contribution in [-0.2, 0) is 6.42 Å². The topological polar surface area (TPSA) is 12.0 Å². The molecule has 1 nitrogen and oxygen atoms in total. The Bertz CT molecular complexity index is 527. The van der Waals surface area contributed by atoms with E-state index in [1.807, 2.05) is 31.3 Å². The van der Waals surface area contributed by atoms with Gasteiger partial charge in [-0.25, -0.2) is 0 Å². The third kappa shape index (κ3) is 3.35. The number of benzene rings is 2. The van der Waals surface area contributed by atoms with Gasteiger partial charge in [-0.3, -0.25) is 0 Å². The van der Waals surface area contributed by atoms with Crippen molar-refractivity contribution in [2.45, 2.75) is 12.5 Å². The monoisotopic (exact) mass is 323 g/mol. The molecule has 0 amide bonds. The molecule has 18 heavy (non-hydrogen) atoms. The molecule has 0 aliphatic carbocycles. The lowest BCUT2D eigenvalue weighted by Crippen LogP contribution is -2.19. The summed E-state index contributed by atoms with van der Waals surface area (Å²) < 4.78 is 1.11. The van der Waals surface area contributed by atoms with Gasteiger partial charge >= 0.3 is 0 Å². The van der Waals surface area contributed by atoms with Crippen LogP contribution < -0.4 is 5.32 Å². The molecule has 0 heterocycles. The first-order valence-electron chi connectivity index (χ1n) is 5.87. The highest BCUT2D eigenvalue weighted by molar-refractivity contribution is 9.10. The van der Waals surface area contributed by atoms with Crippen LogP contribution in [0, 0.1) is 0 Å². The zero-order chi connectivity index (χ0) is 13.0. The molecule has 94 valence electrons. The van der Waals surface area contributed by atoms with Crippen LogP contribution in [0.4, 0.5) is 0 Å². The number of likely N-dealkylation sites (N-methyl/N-ethyl adjacent to an activating group) is 1. The molecule has 0 aliphatic heterocycles. The van der Waals surface area contributed by atoms with E-state index in [1.165, 1.54) is 5.56 Å². The minimum atomic E-state index is 0.230. The molecule has 1 atom stereocenters. The van der Waals surface area contributed by atoms with Gasteiger partial charge in [0.2, 0.25) is 0 Å². The molecule has 1 unspecified atom stereocenters. The average Bonchev–Trinajstić information content (AvgIpc) is 2.37. The summed E-state index contributed by atoms with van der Waals surface area (Å²) in [5, 5.41) is 4.14. The molecule has 1 N–H and O–H groups in total. The molecule has 0 spiro atoms. The average molecular weight is 325 g/mol. The lowest BCUT2D eigenvalue weighted by molar-refractivity contribution is 0.592. The summed E-state index contributed by atoms with van der Waals surface area (Å²) in [6, 6.07) is 16.6. The fraction of sp³-hybridized carbons (Fsp3) is 0.200. The second kappa shape index (κ2) is 6.37. The molecular formula is C15H15BrClN. The van der Waals surface area contributed by atoms with Gasteiger partial charge in [0.25, 0.3) is 0 Å². The molecule has 2 aromatic rings. The Kier molecular flexibility index (Phi) is 4.81. The van der Waals surface area contributed by atoms with E-state index in [0.717, 1.165) is 21.5 Å². The van der Waals surface area contributed by atoms with E-state index in [-0.39, 0.29) is 6.04 Å². The van der Waals surface area contributed by atoms with Gasteiger partial charge < -0.3 is 5.32 Å². The smallest absolute Gasteiger partial charge is 0.0453 e. The lowest BCUT2D eigenvalue weighted by atomic mass is 9.99. The second-order valence-corrected chi connectivity index (χ2v) is 5.52. The van der Waals surface area contributed by atoms with Crippen molar-refractivity contribution in [3.8, 4) is 0 Å². The Morgan fingerprint density at radius 2 is 1.94 bits per heavy atom. The van der Waals surface area contributed by atoms with Crippen LogP contribution in [0.15, 0.2) is 53.0 Å². The molecule has 2 rings (SSSR count). The summed E-state index contributed by atoms with van der Waals surface area (Å²) in [6.07, 6.45) is 0.916. The van der Waals surface area contributed by atoms with Gasteiger partial charge in [0.05, 0.1) is 0 Å². The second-order valence-electron chi connectivity index (χ2n) is 4.20. The van der Waals surface area contributed by atoms with Crippen LogP contribution in [-0.4, -0.2) is 7.05 Å². The summed E-state index contributed by atoms with van der Waals surface area (Å²) in [7, 11) is 1.96. The van der Waals surface area contributed by atoms with E-state index in [1.54, 1.807) is 0 Å².